The number of methoxy groups -OCH3 is 2. The third-order valence-corrected chi connectivity index (χ3v) is 5.37. The first kappa shape index (κ1) is 22.3. The van der Waals surface area contributed by atoms with Crippen LogP contribution in [0.4, 0.5) is 11.5 Å². The molecule has 0 spiro atoms. The number of aromatic nitrogens is 3. The van der Waals surface area contributed by atoms with Crippen LogP contribution in [0.25, 0.3) is 22.3 Å². The van der Waals surface area contributed by atoms with E-state index in [2.05, 4.69) is 20.9 Å². The second kappa shape index (κ2) is 10.1. The number of hydrogen-bond donors (Lipinski definition) is 2. The van der Waals surface area contributed by atoms with Gasteiger partial charge in [0.1, 0.15) is 17.3 Å². The van der Waals surface area contributed by atoms with Crippen LogP contribution in [0.15, 0.2) is 78.2 Å². The number of anilines is 2. The highest BCUT2D eigenvalue weighted by atomic mass is 16.5. The van der Waals surface area contributed by atoms with Crippen molar-refractivity contribution in [3.8, 4) is 11.3 Å². The topological polar surface area (TPSA) is 107 Å². The van der Waals surface area contributed by atoms with E-state index in [1.165, 1.54) is 0 Å². The van der Waals surface area contributed by atoms with Gasteiger partial charge < -0.3 is 25.2 Å². The van der Waals surface area contributed by atoms with Crippen molar-refractivity contribution in [3.63, 3.8) is 0 Å². The summed E-state index contributed by atoms with van der Waals surface area (Å²) in [6, 6.07) is 9.60. The maximum Gasteiger partial charge on any atom is 0.124 e. The summed E-state index contributed by atoms with van der Waals surface area (Å²) in [7, 11) is 3.28. The average molecular weight is 446 g/mol. The van der Waals surface area contributed by atoms with Gasteiger partial charge in [-0.25, -0.2) is 9.97 Å². The van der Waals surface area contributed by atoms with Crippen molar-refractivity contribution in [3.05, 3.63) is 78.2 Å². The van der Waals surface area contributed by atoms with Crippen LogP contribution in [-0.2, 0) is 9.47 Å². The Morgan fingerprint density at radius 3 is 2.70 bits per heavy atom. The zero-order valence-electron chi connectivity index (χ0n) is 18.7. The molecule has 0 aliphatic heterocycles. The molecule has 2 aromatic heterocycles. The Labute approximate surface area is 192 Å². The van der Waals surface area contributed by atoms with E-state index < -0.39 is 0 Å². The highest BCUT2D eigenvalue weighted by Gasteiger charge is 2.16. The number of hydrogen-bond acceptors (Lipinski definition) is 8. The van der Waals surface area contributed by atoms with Crippen LogP contribution in [0.1, 0.15) is 12.8 Å². The van der Waals surface area contributed by atoms with Crippen molar-refractivity contribution in [2.24, 2.45) is 0 Å². The minimum atomic E-state index is 0.0905. The van der Waals surface area contributed by atoms with Crippen LogP contribution in [0.5, 0.6) is 0 Å². The molecule has 3 N–H and O–H groups in total. The van der Waals surface area contributed by atoms with E-state index in [1.807, 2.05) is 36.4 Å². The molecular weight excluding hydrogens is 418 g/mol. The Morgan fingerprint density at radius 2 is 1.94 bits per heavy atom. The van der Waals surface area contributed by atoms with E-state index in [4.69, 9.17) is 20.2 Å². The van der Waals surface area contributed by atoms with Gasteiger partial charge in [-0.05, 0) is 36.8 Å². The first-order valence-corrected chi connectivity index (χ1v) is 10.7. The molecule has 0 bridgehead atoms. The lowest BCUT2D eigenvalue weighted by atomic mass is 10.1. The Balaban J connectivity index is 1.75. The van der Waals surface area contributed by atoms with Crippen LogP contribution in [0.3, 0.4) is 0 Å². The van der Waals surface area contributed by atoms with Gasteiger partial charge in [-0.2, -0.15) is 0 Å². The Kier molecular flexibility index (Phi) is 6.85. The summed E-state index contributed by atoms with van der Waals surface area (Å²) in [5.74, 6) is 1.94. The van der Waals surface area contributed by atoms with Crippen LogP contribution < -0.4 is 10.6 Å². The van der Waals surface area contributed by atoms with E-state index in [0.717, 1.165) is 39.4 Å². The number of nitrogen functional groups attached to an aromatic ring is 1. The molecule has 0 saturated heterocycles. The number of allylic oxidation sites excluding steroid dienone is 3. The zero-order valence-corrected chi connectivity index (χ0v) is 18.7. The molecule has 1 aliphatic rings. The summed E-state index contributed by atoms with van der Waals surface area (Å²) >= 11 is 0. The van der Waals surface area contributed by atoms with E-state index in [9.17, 15) is 5.11 Å². The van der Waals surface area contributed by atoms with Crippen molar-refractivity contribution < 1.29 is 14.6 Å². The quantitative estimate of drug-likeness (QED) is 0.539. The summed E-state index contributed by atoms with van der Waals surface area (Å²) in [4.78, 5) is 15.6. The second-order valence-corrected chi connectivity index (χ2v) is 7.53. The molecule has 0 amide bonds. The van der Waals surface area contributed by atoms with Gasteiger partial charge in [-0.15, -0.1) is 0 Å². The molecule has 0 radical (unpaired) electrons. The van der Waals surface area contributed by atoms with Crippen LogP contribution in [0, 0.1) is 0 Å². The number of ether oxygens (including phenoxy) is 2. The number of aliphatic hydroxyl groups excluding tert-OH is 1. The van der Waals surface area contributed by atoms with Crippen LogP contribution in [-0.4, -0.2) is 47.4 Å². The van der Waals surface area contributed by atoms with Gasteiger partial charge in [-0.1, -0.05) is 6.08 Å². The molecule has 0 saturated carbocycles. The predicted octanol–water partition coefficient (Wildman–Crippen LogP) is 3.81. The van der Waals surface area contributed by atoms with E-state index >= 15 is 0 Å². The van der Waals surface area contributed by atoms with E-state index in [0.29, 0.717) is 31.0 Å². The third kappa shape index (κ3) is 5.12. The van der Waals surface area contributed by atoms with Gasteiger partial charge in [-0.3, -0.25) is 4.98 Å². The fourth-order valence-corrected chi connectivity index (χ4v) is 3.67. The Bertz CT molecular complexity index is 1240. The van der Waals surface area contributed by atoms with Gasteiger partial charge in [0.05, 0.1) is 37.1 Å². The normalized spacial score (nSPS) is 13.6. The van der Waals surface area contributed by atoms with Gasteiger partial charge in [0.25, 0.3) is 0 Å². The molecule has 0 fully saturated rings. The van der Waals surface area contributed by atoms with Crippen molar-refractivity contribution in [2.45, 2.75) is 12.8 Å². The molecule has 33 heavy (non-hydrogen) atoms. The molecule has 8 nitrogen and oxygen atoms in total. The summed E-state index contributed by atoms with van der Waals surface area (Å²) in [5, 5.41) is 9.50. The van der Waals surface area contributed by atoms with E-state index in [-0.39, 0.29) is 6.61 Å². The molecule has 0 unspecified atom stereocenters. The maximum absolute atomic E-state index is 9.50. The standard InChI is InChI=1S/C25H27N5O3/c1-32-20-6-4-18(13-21(15-20)33-2)30(10-3-11-31)19-5-7-22-23(14-19)29-24(16-28-22)17-8-9-27-25(26)12-17/h4-5,7-9,12-16,31H,3,6,10-11H2,1-2H3,(H2,26,27). The monoisotopic (exact) mass is 445 g/mol. The van der Waals surface area contributed by atoms with Crippen LogP contribution >= 0.6 is 0 Å². The lowest BCUT2D eigenvalue weighted by Gasteiger charge is -2.26. The number of nitrogens with two attached hydrogens (primary N) is 1. The Hall–Kier alpha value is -3.91. The summed E-state index contributed by atoms with van der Waals surface area (Å²) in [6.07, 6.45) is 10.6. The molecule has 4 rings (SSSR count). The van der Waals surface area contributed by atoms with Gasteiger partial charge in [0, 0.05) is 54.9 Å². The molecule has 1 aromatic carbocycles. The number of benzene rings is 1. The summed E-state index contributed by atoms with van der Waals surface area (Å²) in [6.45, 7) is 0.713. The van der Waals surface area contributed by atoms with Crippen LogP contribution in [0.2, 0.25) is 0 Å². The highest BCUT2D eigenvalue weighted by Crippen LogP contribution is 2.29. The fraction of sp³-hybridized carbons (Fsp3) is 0.240. The molecule has 3 aromatic rings. The summed E-state index contributed by atoms with van der Waals surface area (Å²) < 4.78 is 11.0. The van der Waals surface area contributed by atoms with Crippen molar-refractivity contribution >= 4 is 22.5 Å². The molecule has 170 valence electrons. The number of aliphatic hydroxyl groups is 1. The first-order valence-electron chi connectivity index (χ1n) is 10.7. The number of rotatable bonds is 8. The third-order valence-electron chi connectivity index (χ3n) is 5.37. The largest absolute Gasteiger partial charge is 0.501 e. The minimum absolute atomic E-state index is 0.0905. The molecule has 1 aliphatic carbocycles. The number of pyridine rings is 1. The van der Waals surface area contributed by atoms with Gasteiger partial charge >= 0.3 is 0 Å². The highest BCUT2D eigenvalue weighted by molar-refractivity contribution is 5.81. The molecular formula is C25H27N5O3. The molecule has 0 atom stereocenters. The molecule has 2 heterocycles. The zero-order chi connectivity index (χ0) is 23.2. The van der Waals surface area contributed by atoms with Gasteiger partial charge in [0.2, 0.25) is 0 Å². The maximum atomic E-state index is 9.50. The first-order chi connectivity index (χ1) is 16.1. The second-order valence-electron chi connectivity index (χ2n) is 7.53. The smallest absolute Gasteiger partial charge is 0.124 e. The Morgan fingerprint density at radius 1 is 1.06 bits per heavy atom. The predicted molar refractivity (Wildman–Crippen MR) is 129 cm³/mol. The van der Waals surface area contributed by atoms with Crippen molar-refractivity contribution in [1.29, 1.82) is 0 Å². The van der Waals surface area contributed by atoms with Crippen molar-refractivity contribution in [2.75, 3.05) is 38.0 Å². The lowest BCUT2D eigenvalue weighted by molar-refractivity contribution is 0.271. The average Bonchev–Trinajstić information content (AvgIpc) is 3.06. The number of fused-ring (bicyclic) bond motifs is 1. The van der Waals surface area contributed by atoms with Gasteiger partial charge in [0.15, 0.2) is 0 Å². The fourth-order valence-electron chi connectivity index (χ4n) is 3.67. The molecule has 8 heteroatoms. The summed E-state index contributed by atoms with van der Waals surface area (Å²) in [5.41, 5.74) is 10.9. The lowest BCUT2D eigenvalue weighted by Crippen LogP contribution is -2.24. The van der Waals surface area contributed by atoms with E-state index in [1.54, 1.807) is 32.7 Å². The SMILES string of the molecule is COC1=CC(N(CCCO)c2ccc3ncc(-c4ccnc(N)c4)nc3c2)=CCC(OC)=C1. The van der Waals surface area contributed by atoms with Crippen molar-refractivity contribution in [1.82, 2.24) is 15.0 Å². The number of nitrogens with zero attached hydrogens (tertiary/aromatic N) is 4. The minimum Gasteiger partial charge on any atom is -0.501 e.